The van der Waals surface area contributed by atoms with Crippen molar-refractivity contribution in [2.24, 2.45) is 0 Å². The van der Waals surface area contributed by atoms with Crippen molar-refractivity contribution in [3.05, 3.63) is 16.6 Å². The highest BCUT2D eigenvalue weighted by Crippen LogP contribution is 2.17. The summed E-state index contributed by atoms with van der Waals surface area (Å²) in [5, 5.41) is 6.00. The zero-order valence-electron chi connectivity index (χ0n) is 9.83. The van der Waals surface area contributed by atoms with Gasteiger partial charge in [0, 0.05) is 37.8 Å². The lowest BCUT2D eigenvalue weighted by atomic mass is 10.1. The molecule has 2 amide bonds. The monoisotopic (exact) mass is 266 g/mol. The Bertz CT molecular complexity index is 462. The molecule has 6 nitrogen and oxygen atoms in total. The first-order chi connectivity index (χ1) is 8.75. The van der Waals surface area contributed by atoms with Crippen LogP contribution in [0.3, 0.4) is 0 Å². The van der Waals surface area contributed by atoms with Crippen LogP contribution in [0.2, 0.25) is 0 Å². The summed E-state index contributed by atoms with van der Waals surface area (Å²) in [6.07, 6.45) is 1.71. The second-order valence-electron chi connectivity index (χ2n) is 4.47. The molecule has 2 fully saturated rings. The molecule has 2 aliphatic heterocycles. The van der Waals surface area contributed by atoms with E-state index >= 15 is 0 Å². The molecule has 18 heavy (non-hydrogen) atoms. The zero-order valence-corrected chi connectivity index (χ0v) is 10.7. The number of piperazine rings is 2. The number of nitrogens with one attached hydrogen (secondary N) is 1. The van der Waals surface area contributed by atoms with E-state index in [4.69, 9.17) is 0 Å². The number of fused-ring (bicyclic) bond motifs is 1. The van der Waals surface area contributed by atoms with E-state index in [0.717, 1.165) is 18.1 Å². The molecule has 0 radical (unpaired) electrons. The van der Waals surface area contributed by atoms with Crippen LogP contribution in [0.25, 0.3) is 0 Å². The molecule has 1 aromatic rings. The minimum atomic E-state index is -0.400. The van der Waals surface area contributed by atoms with E-state index in [2.05, 4.69) is 10.3 Å². The van der Waals surface area contributed by atoms with Crippen molar-refractivity contribution < 1.29 is 9.59 Å². The van der Waals surface area contributed by atoms with Crippen molar-refractivity contribution in [3.63, 3.8) is 0 Å². The standard InChI is InChI=1S/C11H14N4O2S/c16-10-11(17)15-3-1-12-5-8(15)6-14(10)7-9-13-2-4-18-9/h2,4,8,12H,1,3,5-7H2. The van der Waals surface area contributed by atoms with E-state index in [1.807, 2.05) is 5.38 Å². The highest BCUT2D eigenvalue weighted by Gasteiger charge is 2.40. The highest BCUT2D eigenvalue weighted by atomic mass is 32.1. The van der Waals surface area contributed by atoms with Gasteiger partial charge in [-0.1, -0.05) is 0 Å². The first-order valence-corrected chi connectivity index (χ1v) is 6.82. The summed E-state index contributed by atoms with van der Waals surface area (Å²) < 4.78 is 0. The van der Waals surface area contributed by atoms with Crippen molar-refractivity contribution >= 4 is 23.2 Å². The SMILES string of the molecule is O=C1C(=O)N2CCNCC2CN1Cc1nccs1. The van der Waals surface area contributed by atoms with Crippen molar-refractivity contribution in [3.8, 4) is 0 Å². The number of thiazole rings is 1. The fourth-order valence-corrected chi connectivity index (χ4v) is 3.05. The smallest absolute Gasteiger partial charge is 0.312 e. The second-order valence-corrected chi connectivity index (χ2v) is 5.45. The van der Waals surface area contributed by atoms with Gasteiger partial charge in [0.15, 0.2) is 0 Å². The Morgan fingerprint density at radius 3 is 3.11 bits per heavy atom. The number of hydrogen-bond acceptors (Lipinski definition) is 5. The Hall–Kier alpha value is -1.47. The quantitative estimate of drug-likeness (QED) is 0.718. The average molecular weight is 266 g/mol. The van der Waals surface area contributed by atoms with Gasteiger partial charge in [-0.05, 0) is 0 Å². The molecule has 7 heteroatoms. The highest BCUT2D eigenvalue weighted by molar-refractivity contribution is 7.09. The molecule has 0 saturated carbocycles. The van der Waals surface area contributed by atoms with Crippen molar-refractivity contribution in [1.29, 1.82) is 0 Å². The third kappa shape index (κ3) is 1.99. The summed E-state index contributed by atoms with van der Waals surface area (Å²) in [7, 11) is 0. The molecule has 0 aliphatic carbocycles. The maximum atomic E-state index is 12.0. The largest absolute Gasteiger partial charge is 0.327 e. The molecule has 96 valence electrons. The minimum absolute atomic E-state index is 0.101. The fraction of sp³-hybridized carbons (Fsp3) is 0.545. The number of amides is 2. The van der Waals surface area contributed by atoms with Gasteiger partial charge in [-0.2, -0.15) is 0 Å². The summed E-state index contributed by atoms with van der Waals surface area (Å²) in [4.78, 5) is 31.4. The van der Waals surface area contributed by atoms with Crippen LogP contribution in [0.1, 0.15) is 5.01 Å². The number of carbonyl (C=O) groups excluding carboxylic acids is 2. The molecule has 0 spiro atoms. The van der Waals surface area contributed by atoms with Gasteiger partial charge < -0.3 is 15.1 Å². The van der Waals surface area contributed by atoms with Crippen LogP contribution in [0.15, 0.2) is 11.6 Å². The summed E-state index contributed by atoms with van der Waals surface area (Å²) in [5.74, 6) is -0.771. The van der Waals surface area contributed by atoms with Gasteiger partial charge in [0.05, 0.1) is 12.6 Å². The molecular weight excluding hydrogens is 252 g/mol. The van der Waals surface area contributed by atoms with Gasteiger partial charge in [0.2, 0.25) is 0 Å². The van der Waals surface area contributed by atoms with E-state index in [-0.39, 0.29) is 11.9 Å². The summed E-state index contributed by atoms with van der Waals surface area (Å²) in [6.45, 7) is 3.18. The topological polar surface area (TPSA) is 65.5 Å². The van der Waals surface area contributed by atoms with E-state index < -0.39 is 5.91 Å². The second kappa shape index (κ2) is 4.66. The van der Waals surface area contributed by atoms with Crippen LogP contribution in [0.5, 0.6) is 0 Å². The molecule has 1 atom stereocenters. The average Bonchev–Trinajstić information content (AvgIpc) is 2.89. The van der Waals surface area contributed by atoms with Gasteiger partial charge >= 0.3 is 11.8 Å². The Balaban J connectivity index is 1.75. The van der Waals surface area contributed by atoms with Gasteiger partial charge in [0.1, 0.15) is 5.01 Å². The molecule has 2 aliphatic rings. The number of rotatable bonds is 2. The van der Waals surface area contributed by atoms with Crippen LogP contribution in [0, 0.1) is 0 Å². The third-order valence-electron chi connectivity index (χ3n) is 3.32. The molecule has 1 unspecified atom stereocenters. The predicted octanol–water partition coefficient (Wildman–Crippen LogP) is -0.714. The van der Waals surface area contributed by atoms with Crippen LogP contribution in [-0.4, -0.2) is 58.8 Å². The number of carbonyl (C=O) groups is 2. The lowest BCUT2D eigenvalue weighted by molar-refractivity contribution is -0.160. The summed E-state index contributed by atoms with van der Waals surface area (Å²) in [6, 6.07) is 0.101. The molecule has 1 N–H and O–H groups in total. The molecule has 3 heterocycles. The Morgan fingerprint density at radius 2 is 2.33 bits per heavy atom. The normalized spacial score (nSPS) is 24.3. The fourth-order valence-electron chi connectivity index (χ4n) is 2.42. The maximum Gasteiger partial charge on any atom is 0.312 e. The first kappa shape index (κ1) is 11.6. The lowest BCUT2D eigenvalue weighted by Gasteiger charge is -2.43. The third-order valence-corrected chi connectivity index (χ3v) is 4.09. The van der Waals surface area contributed by atoms with Crippen LogP contribution < -0.4 is 5.32 Å². The minimum Gasteiger partial charge on any atom is -0.327 e. The lowest BCUT2D eigenvalue weighted by Crippen LogP contribution is -2.65. The molecule has 3 rings (SSSR count). The Kier molecular flexibility index (Phi) is 3.00. The maximum absolute atomic E-state index is 12.0. The summed E-state index contributed by atoms with van der Waals surface area (Å²) in [5.41, 5.74) is 0. The first-order valence-electron chi connectivity index (χ1n) is 5.94. The number of aromatic nitrogens is 1. The van der Waals surface area contributed by atoms with Crippen LogP contribution in [-0.2, 0) is 16.1 Å². The van der Waals surface area contributed by atoms with E-state index in [9.17, 15) is 9.59 Å². The van der Waals surface area contributed by atoms with Gasteiger partial charge in [-0.3, -0.25) is 9.59 Å². The molecule has 2 saturated heterocycles. The Morgan fingerprint density at radius 1 is 1.44 bits per heavy atom. The predicted molar refractivity (Wildman–Crippen MR) is 65.9 cm³/mol. The van der Waals surface area contributed by atoms with Gasteiger partial charge in [-0.15, -0.1) is 11.3 Å². The van der Waals surface area contributed by atoms with Crippen LogP contribution in [0.4, 0.5) is 0 Å². The van der Waals surface area contributed by atoms with Crippen molar-refractivity contribution in [2.75, 3.05) is 26.2 Å². The molecule has 0 aromatic carbocycles. The van der Waals surface area contributed by atoms with Gasteiger partial charge in [-0.25, -0.2) is 4.98 Å². The van der Waals surface area contributed by atoms with E-state index in [1.165, 1.54) is 11.3 Å². The number of nitrogens with zero attached hydrogens (tertiary/aromatic N) is 3. The number of hydrogen-bond donors (Lipinski definition) is 1. The van der Waals surface area contributed by atoms with Crippen molar-refractivity contribution in [1.82, 2.24) is 20.1 Å². The molecular formula is C11H14N4O2S. The summed E-state index contributed by atoms with van der Waals surface area (Å²) >= 11 is 1.50. The Labute approximate surface area is 109 Å². The van der Waals surface area contributed by atoms with Crippen LogP contribution >= 0.6 is 11.3 Å². The van der Waals surface area contributed by atoms with E-state index in [1.54, 1.807) is 16.0 Å². The molecule has 1 aromatic heterocycles. The van der Waals surface area contributed by atoms with Crippen molar-refractivity contribution in [2.45, 2.75) is 12.6 Å². The van der Waals surface area contributed by atoms with E-state index in [0.29, 0.717) is 19.6 Å². The molecule has 0 bridgehead atoms. The van der Waals surface area contributed by atoms with Gasteiger partial charge in [0.25, 0.3) is 0 Å². The zero-order chi connectivity index (χ0) is 12.5.